The van der Waals surface area contributed by atoms with Crippen molar-refractivity contribution in [3.05, 3.63) is 28.8 Å². The van der Waals surface area contributed by atoms with Crippen molar-refractivity contribution in [1.29, 1.82) is 0 Å². The van der Waals surface area contributed by atoms with E-state index in [2.05, 4.69) is 16.6 Å². The second-order valence-corrected chi connectivity index (χ2v) is 6.50. The van der Waals surface area contributed by atoms with Crippen LogP contribution in [0, 0.1) is 18.8 Å². The highest BCUT2D eigenvalue weighted by atomic mass is 35.5. The SMILES string of the molecule is Cc1ccc(Cl)cc1S(=O)(=O)NCC#CCN(C)C. The van der Waals surface area contributed by atoms with E-state index in [9.17, 15) is 8.42 Å². The molecule has 0 radical (unpaired) electrons. The average molecular weight is 301 g/mol. The molecule has 19 heavy (non-hydrogen) atoms. The van der Waals surface area contributed by atoms with E-state index in [0.29, 0.717) is 17.1 Å². The van der Waals surface area contributed by atoms with Gasteiger partial charge in [-0.15, -0.1) is 0 Å². The molecule has 0 amide bonds. The lowest BCUT2D eigenvalue weighted by atomic mass is 10.2. The number of sulfonamides is 1. The van der Waals surface area contributed by atoms with Crippen LogP contribution >= 0.6 is 11.6 Å². The molecule has 0 saturated heterocycles. The van der Waals surface area contributed by atoms with Crippen molar-refractivity contribution in [3.63, 3.8) is 0 Å². The van der Waals surface area contributed by atoms with Crippen LogP contribution in [0.25, 0.3) is 0 Å². The molecular weight excluding hydrogens is 284 g/mol. The minimum atomic E-state index is -3.56. The van der Waals surface area contributed by atoms with E-state index in [1.807, 2.05) is 19.0 Å². The Morgan fingerprint density at radius 1 is 1.32 bits per heavy atom. The van der Waals surface area contributed by atoms with Crippen LogP contribution in [-0.2, 0) is 10.0 Å². The molecule has 1 rings (SSSR count). The Balaban J connectivity index is 2.76. The summed E-state index contributed by atoms with van der Waals surface area (Å²) in [5.41, 5.74) is 0.651. The van der Waals surface area contributed by atoms with Gasteiger partial charge in [-0.3, -0.25) is 4.90 Å². The smallest absolute Gasteiger partial charge is 0.241 e. The van der Waals surface area contributed by atoms with E-state index in [1.54, 1.807) is 19.1 Å². The Morgan fingerprint density at radius 3 is 2.63 bits per heavy atom. The van der Waals surface area contributed by atoms with Gasteiger partial charge < -0.3 is 0 Å². The summed E-state index contributed by atoms with van der Waals surface area (Å²) >= 11 is 5.82. The van der Waals surface area contributed by atoms with Gasteiger partial charge >= 0.3 is 0 Å². The average Bonchev–Trinajstić information content (AvgIpc) is 2.31. The van der Waals surface area contributed by atoms with Gasteiger partial charge in [0.25, 0.3) is 0 Å². The van der Waals surface area contributed by atoms with Crippen molar-refractivity contribution in [3.8, 4) is 11.8 Å². The first-order chi connectivity index (χ1) is 8.83. The molecule has 1 aromatic rings. The third kappa shape index (κ3) is 5.21. The molecule has 0 saturated carbocycles. The second-order valence-electron chi connectivity index (χ2n) is 4.33. The van der Waals surface area contributed by atoms with Crippen LogP contribution < -0.4 is 4.72 Å². The molecule has 0 aromatic heterocycles. The van der Waals surface area contributed by atoms with Crippen molar-refractivity contribution in [2.75, 3.05) is 27.2 Å². The van der Waals surface area contributed by atoms with Gasteiger partial charge in [-0.25, -0.2) is 8.42 Å². The highest BCUT2D eigenvalue weighted by Gasteiger charge is 2.15. The number of aryl methyl sites for hydroxylation is 1. The van der Waals surface area contributed by atoms with Crippen LogP contribution in [-0.4, -0.2) is 40.5 Å². The predicted octanol–water partition coefficient (Wildman–Crippen LogP) is 1.49. The fourth-order valence-corrected chi connectivity index (χ4v) is 2.78. The predicted molar refractivity (Wildman–Crippen MR) is 77.7 cm³/mol. The van der Waals surface area contributed by atoms with Crippen molar-refractivity contribution in [1.82, 2.24) is 9.62 Å². The molecule has 1 aromatic carbocycles. The molecule has 104 valence electrons. The summed E-state index contributed by atoms with van der Waals surface area (Å²) < 4.78 is 26.5. The Hall–Kier alpha value is -1.06. The van der Waals surface area contributed by atoms with Crippen LogP contribution in [0.2, 0.25) is 5.02 Å². The summed E-state index contributed by atoms with van der Waals surface area (Å²) in [5.74, 6) is 5.62. The third-order valence-corrected chi connectivity index (χ3v) is 4.09. The summed E-state index contributed by atoms with van der Waals surface area (Å²) in [6.45, 7) is 2.41. The summed E-state index contributed by atoms with van der Waals surface area (Å²) in [7, 11) is 0.229. The fourth-order valence-electron chi connectivity index (χ4n) is 1.35. The van der Waals surface area contributed by atoms with Crippen LogP contribution in [0.5, 0.6) is 0 Å². The monoisotopic (exact) mass is 300 g/mol. The van der Waals surface area contributed by atoms with Gasteiger partial charge in [-0.05, 0) is 38.7 Å². The number of benzene rings is 1. The molecule has 0 unspecified atom stereocenters. The van der Waals surface area contributed by atoms with E-state index in [4.69, 9.17) is 11.6 Å². The first-order valence-electron chi connectivity index (χ1n) is 5.69. The summed E-state index contributed by atoms with van der Waals surface area (Å²) in [6, 6.07) is 4.77. The molecule has 0 spiro atoms. The molecule has 0 aliphatic heterocycles. The highest BCUT2D eigenvalue weighted by molar-refractivity contribution is 7.89. The summed E-state index contributed by atoms with van der Waals surface area (Å²) in [5, 5.41) is 0.393. The maximum Gasteiger partial charge on any atom is 0.241 e. The van der Waals surface area contributed by atoms with Gasteiger partial charge in [0.05, 0.1) is 18.0 Å². The maximum atomic E-state index is 12.1. The molecule has 0 aliphatic rings. The lowest BCUT2D eigenvalue weighted by Gasteiger charge is -2.07. The van der Waals surface area contributed by atoms with Crippen molar-refractivity contribution < 1.29 is 8.42 Å². The topological polar surface area (TPSA) is 49.4 Å². The highest BCUT2D eigenvalue weighted by Crippen LogP contribution is 2.19. The van der Waals surface area contributed by atoms with Gasteiger partial charge in [0.15, 0.2) is 0 Å². The Labute approximate surface area is 119 Å². The maximum absolute atomic E-state index is 12.1. The van der Waals surface area contributed by atoms with Gasteiger partial charge in [0, 0.05) is 5.02 Å². The van der Waals surface area contributed by atoms with Crippen molar-refractivity contribution in [2.45, 2.75) is 11.8 Å². The van der Waals surface area contributed by atoms with E-state index >= 15 is 0 Å². The van der Waals surface area contributed by atoms with Gasteiger partial charge in [-0.1, -0.05) is 29.5 Å². The van der Waals surface area contributed by atoms with E-state index in [-0.39, 0.29) is 11.4 Å². The van der Waals surface area contributed by atoms with Gasteiger partial charge in [0.2, 0.25) is 10.0 Å². The standard InChI is InChI=1S/C13H17ClN2O2S/c1-11-6-7-12(14)10-13(11)19(17,18)15-8-4-5-9-16(2)3/h6-7,10,15H,8-9H2,1-3H3. The normalized spacial score (nSPS) is 11.2. The Morgan fingerprint density at radius 2 is 2.00 bits per heavy atom. The molecule has 0 atom stereocenters. The fraction of sp³-hybridized carbons (Fsp3) is 0.385. The van der Waals surface area contributed by atoms with Crippen molar-refractivity contribution >= 4 is 21.6 Å². The molecule has 4 nitrogen and oxygen atoms in total. The first-order valence-corrected chi connectivity index (χ1v) is 7.55. The van der Waals surface area contributed by atoms with E-state index in [0.717, 1.165) is 0 Å². The minimum Gasteiger partial charge on any atom is -0.299 e. The number of nitrogens with zero attached hydrogens (tertiary/aromatic N) is 1. The van der Waals surface area contributed by atoms with Gasteiger partial charge in [-0.2, -0.15) is 4.72 Å². The molecule has 0 aliphatic carbocycles. The zero-order chi connectivity index (χ0) is 14.5. The van der Waals surface area contributed by atoms with Crippen molar-refractivity contribution in [2.24, 2.45) is 0 Å². The molecule has 1 N–H and O–H groups in total. The van der Waals surface area contributed by atoms with Crippen LogP contribution in [0.15, 0.2) is 23.1 Å². The largest absolute Gasteiger partial charge is 0.299 e. The summed E-state index contributed by atoms with van der Waals surface area (Å²) in [6.07, 6.45) is 0. The zero-order valence-electron chi connectivity index (χ0n) is 11.2. The van der Waals surface area contributed by atoms with Crippen LogP contribution in [0.4, 0.5) is 0 Å². The number of hydrogen-bond donors (Lipinski definition) is 1. The number of halogens is 1. The number of nitrogens with one attached hydrogen (secondary N) is 1. The summed E-state index contributed by atoms with van der Waals surface area (Å²) in [4.78, 5) is 2.09. The quantitative estimate of drug-likeness (QED) is 0.857. The number of rotatable bonds is 4. The minimum absolute atomic E-state index is 0.0854. The van der Waals surface area contributed by atoms with E-state index in [1.165, 1.54) is 6.07 Å². The Kier molecular flexibility index (Phi) is 5.83. The molecule has 6 heteroatoms. The number of hydrogen-bond acceptors (Lipinski definition) is 3. The van der Waals surface area contributed by atoms with E-state index < -0.39 is 10.0 Å². The zero-order valence-corrected chi connectivity index (χ0v) is 12.8. The molecule has 0 fully saturated rings. The van der Waals surface area contributed by atoms with Crippen LogP contribution in [0.3, 0.4) is 0 Å². The molecular formula is C13H17ClN2O2S. The third-order valence-electron chi connectivity index (χ3n) is 2.31. The lowest BCUT2D eigenvalue weighted by Crippen LogP contribution is -2.25. The van der Waals surface area contributed by atoms with Gasteiger partial charge in [0.1, 0.15) is 0 Å². The Bertz CT molecular complexity index is 601. The lowest BCUT2D eigenvalue weighted by molar-refractivity contribution is 0.463. The molecule has 0 heterocycles. The molecule has 0 bridgehead atoms. The second kappa shape index (κ2) is 6.92. The first kappa shape index (κ1) is 16.0. The van der Waals surface area contributed by atoms with Crippen LogP contribution in [0.1, 0.15) is 5.56 Å².